The molecule has 0 aliphatic heterocycles. The largest absolute Gasteiger partial charge is 0.490 e. The fourth-order valence-corrected chi connectivity index (χ4v) is 3.49. The van der Waals surface area contributed by atoms with Gasteiger partial charge in [0.1, 0.15) is 11.8 Å². The molecule has 0 N–H and O–H groups in total. The van der Waals surface area contributed by atoms with Gasteiger partial charge in [0.2, 0.25) is 5.89 Å². The van der Waals surface area contributed by atoms with Crippen LogP contribution in [0, 0.1) is 11.3 Å². The smallest absolute Gasteiger partial charge is 0.226 e. The van der Waals surface area contributed by atoms with Crippen LogP contribution >= 0.6 is 0 Å². The van der Waals surface area contributed by atoms with Crippen molar-refractivity contribution in [1.82, 2.24) is 4.98 Å². The van der Waals surface area contributed by atoms with E-state index in [-0.39, 0.29) is 6.10 Å². The van der Waals surface area contributed by atoms with Gasteiger partial charge in [-0.1, -0.05) is 18.2 Å². The van der Waals surface area contributed by atoms with Crippen molar-refractivity contribution in [3.8, 4) is 34.6 Å². The topological polar surface area (TPSA) is 59.1 Å². The lowest BCUT2D eigenvalue weighted by Gasteiger charge is -2.11. The third-order valence-corrected chi connectivity index (χ3v) is 4.63. The molecule has 0 saturated heterocycles. The molecule has 0 unspecified atom stereocenters. The number of nitriles is 1. The summed E-state index contributed by atoms with van der Waals surface area (Å²) in [5.41, 5.74) is 5.16. The molecule has 0 saturated carbocycles. The lowest BCUT2D eigenvalue weighted by Crippen LogP contribution is -2.06. The standard InChI is InChI=1S/C22H20N2O2/c1-14(2)25-20-10-9-16(11-17(20)12-23)22-24-13-21(26-22)19-8-4-6-15-5-3-7-18(15)19/h4,6,8-11,13-14H,3,5,7H2,1-2H3. The summed E-state index contributed by atoms with van der Waals surface area (Å²) in [6, 6.07) is 14.0. The van der Waals surface area contributed by atoms with Crippen LogP contribution in [-0.2, 0) is 12.8 Å². The molecule has 0 spiro atoms. The maximum absolute atomic E-state index is 9.41. The fraction of sp³-hybridized carbons (Fsp3) is 0.273. The number of ether oxygens (including phenoxy) is 1. The number of nitrogens with zero attached hydrogens (tertiary/aromatic N) is 2. The summed E-state index contributed by atoms with van der Waals surface area (Å²) in [7, 11) is 0. The van der Waals surface area contributed by atoms with Gasteiger partial charge in [-0.15, -0.1) is 0 Å². The van der Waals surface area contributed by atoms with Crippen molar-refractivity contribution in [3.05, 3.63) is 59.3 Å². The van der Waals surface area contributed by atoms with E-state index >= 15 is 0 Å². The summed E-state index contributed by atoms with van der Waals surface area (Å²) in [5, 5.41) is 9.41. The second kappa shape index (κ2) is 6.68. The van der Waals surface area contributed by atoms with Gasteiger partial charge in [-0.05, 0) is 62.4 Å². The summed E-state index contributed by atoms with van der Waals surface area (Å²) < 4.78 is 11.7. The molecule has 1 aliphatic rings. The Kier molecular flexibility index (Phi) is 4.22. The molecular formula is C22H20N2O2. The van der Waals surface area contributed by atoms with Crippen LogP contribution in [0.5, 0.6) is 5.75 Å². The zero-order valence-electron chi connectivity index (χ0n) is 15.0. The predicted molar refractivity (Wildman–Crippen MR) is 99.9 cm³/mol. The summed E-state index contributed by atoms with van der Waals surface area (Å²) in [6.45, 7) is 3.88. The minimum absolute atomic E-state index is 0.0152. The van der Waals surface area contributed by atoms with Crippen molar-refractivity contribution in [2.24, 2.45) is 0 Å². The van der Waals surface area contributed by atoms with E-state index < -0.39 is 0 Å². The van der Waals surface area contributed by atoms with E-state index in [1.807, 2.05) is 19.9 Å². The van der Waals surface area contributed by atoms with Crippen molar-refractivity contribution in [2.45, 2.75) is 39.2 Å². The van der Waals surface area contributed by atoms with Gasteiger partial charge in [0.15, 0.2) is 5.76 Å². The summed E-state index contributed by atoms with van der Waals surface area (Å²) in [5.74, 6) is 1.88. The van der Waals surface area contributed by atoms with Gasteiger partial charge in [0.05, 0.1) is 17.9 Å². The number of rotatable bonds is 4. The monoisotopic (exact) mass is 344 g/mol. The van der Waals surface area contributed by atoms with E-state index in [9.17, 15) is 5.26 Å². The average Bonchev–Trinajstić information content (AvgIpc) is 3.30. The summed E-state index contributed by atoms with van der Waals surface area (Å²) in [4.78, 5) is 4.44. The first-order valence-corrected chi connectivity index (χ1v) is 8.94. The van der Waals surface area contributed by atoms with E-state index in [1.165, 1.54) is 17.5 Å². The molecule has 3 aromatic rings. The van der Waals surface area contributed by atoms with E-state index in [2.05, 4.69) is 29.3 Å². The van der Waals surface area contributed by atoms with Crippen LogP contribution in [0.2, 0.25) is 0 Å². The van der Waals surface area contributed by atoms with Crippen LogP contribution in [0.25, 0.3) is 22.8 Å². The van der Waals surface area contributed by atoms with Crippen molar-refractivity contribution in [3.63, 3.8) is 0 Å². The molecule has 2 aromatic carbocycles. The minimum Gasteiger partial charge on any atom is -0.490 e. The molecule has 1 heterocycles. The van der Waals surface area contributed by atoms with Crippen LogP contribution in [0.15, 0.2) is 47.0 Å². The van der Waals surface area contributed by atoms with Gasteiger partial charge in [-0.2, -0.15) is 5.26 Å². The molecule has 1 aromatic heterocycles. The summed E-state index contributed by atoms with van der Waals surface area (Å²) >= 11 is 0. The van der Waals surface area contributed by atoms with E-state index in [0.717, 1.165) is 29.7 Å². The fourth-order valence-electron chi connectivity index (χ4n) is 3.49. The van der Waals surface area contributed by atoms with Gasteiger partial charge in [0.25, 0.3) is 0 Å². The highest BCUT2D eigenvalue weighted by Crippen LogP contribution is 2.35. The zero-order chi connectivity index (χ0) is 18.1. The number of benzene rings is 2. The average molecular weight is 344 g/mol. The first-order valence-electron chi connectivity index (χ1n) is 8.94. The Bertz CT molecular complexity index is 996. The predicted octanol–water partition coefficient (Wildman–Crippen LogP) is 5.16. The Morgan fingerprint density at radius 2 is 2.08 bits per heavy atom. The van der Waals surface area contributed by atoms with E-state index in [1.54, 1.807) is 18.3 Å². The van der Waals surface area contributed by atoms with E-state index in [0.29, 0.717) is 17.2 Å². The number of oxazole rings is 1. The lowest BCUT2D eigenvalue weighted by atomic mass is 10.0. The Morgan fingerprint density at radius 3 is 2.88 bits per heavy atom. The maximum atomic E-state index is 9.41. The number of fused-ring (bicyclic) bond motifs is 1. The lowest BCUT2D eigenvalue weighted by molar-refractivity contribution is 0.242. The normalized spacial score (nSPS) is 12.8. The molecule has 130 valence electrons. The van der Waals surface area contributed by atoms with Gasteiger partial charge < -0.3 is 9.15 Å². The van der Waals surface area contributed by atoms with Crippen LogP contribution in [0.1, 0.15) is 37.0 Å². The number of hydrogen-bond donors (Lipinski definition) is 0. The molecule has 4 nitrogen and oxygen atoms in total. The van der Waals surface area contributed by atoms with Gasteiger partial charge >= 0.3 is 0 Å². The Labute approximate surface area is 153 Å². The van der Waals surface area contributed by atoms with Crippen molar-refractivity contribution in [1.29, 1.82) is 5.26 Å². The van der Waals surface area contributed by atoms with Crippen molar-refractivity contribution < 1.29 is 9.15 Å². The molecule has 0 radical (unpaired) electrons. The highest BCUT2D eigenvalue weighted by molar-refractivity contribution is 5.67. The molecule has 0 bridgehead atoms. The SMILES string of the molecule is CC(C)Oc1ccc(-c2ncc(-c3cccc4c3CCC4)o2)cc1C#N. The second-order valence-corrected chi connectivity index (χ2v) is 6.82. The van der Waals surface area contributed by atoms with Crippen LogP contribution in [0.3, 0.4) is 0 Å². The van der Waals surface area contributed by atoms with Gasteiger partial charge in [0, 0.05) is 11.1 Å². The minimum atomic E-state index is 0.0152. The molecule has 0 fully saturated rings. The number of aromatic nitrogens is 1. The number of aryl methyl sites for hydroxylation is 1. The maximum Gasteiger partial charge on any atom is 0.226 e. The molecule has 26 heavy (non-hydrogen) atoms. The first-order chi connectivity index (χ1) is 12.7. The molecule has 0 amide bonds. The van der Waals surface area contributed by atoms with Crippen LogP contribution in [-0.4, -0.2) is 11.1 Å². The number of hydrogen-bond acceptors (Lipinski definition) is 4. The third-order valence-electron chi connectivity index (χ3n) is 4.63. The molecular weight excluding hydrogens is 324 g/mol. The van der Waals surface area contributed by atoms with E-state index in [4.69, 9.17) is 9.15 Å². The summed E-state index contributed by atoms with van der Waals surface area (Å²) in [6.07, 6.45) is 5.19. The molecule has 4 rings (SSSR count). The van der Waals surface area contributed by atoms with Crippen molar-refractivity contribution >= 4 is 0 Å². The Morgan fingerprint density at radius 1 is 1.19 bits per heavy atom. The van der Waals surface area contributed by atoms with Crippen LogP contribution < -0.4 is 4.74 Å². The third kappa shape index (κ3) is 2.97. The van der Waals surface area contributed by atoms with Gasteiger partial charge in [-0.25, -0.2) is 4.98 Å². The highest BCUT2D eigenvalue weighted by Gasteiger charge is 2.18. The van der Waals surface area contributed by atoms with Crippen molar-refractivity contribution in [2.75, 3.05) is 0 Å². The Balaban J connectivity index is 1.69. The quantitative estimate of drug-likeness (QED) is 0.656. The Hall–Kier alpha value is -3.06. The molecule has 0 atom stereocenters. The highest BCUT2D eigenvalue weighted by atomic mass is 16.5. The zero-order valence-corrected chi connectivity index (χ0v) is 15.0. The molecule has 4 heteroatoms. The van der Waals surface area contributed by atoms with Crippen LogP contribution in [0.4, 0.5) is 0 Å². The first kappa shape index (κ1) is 16.4. The molecule has 1 aliphatic carbocycles. The second-order valence-electron chi connectivity index (χ2n) is 6.82. The van der Waals surface area contributed by atoms with Gasteiger partial charge in [-0.3, -0.25) is 0 Å².